The lowest BCUT2D eigenvalue weighted by atomic mass is 9.99. The maximum absolute atomic E-state index is 14.0. The predicted octanol–water partition coefficient (Wildman–Crippen LogP) is -3.02. The molecule has 10 atom stereocenters. The van der Waals surface area contributed by atoms with Gasteiger partial charge >= 0.3 is 5.97 Å². The van der Waals surface area contributed by atoms with E-state index in [1.165, 1.54) is 45.0 Å². The normalized spacial score (nSPS) is 17.6. The number of nitrogens with zero attached hydrogens (tertiary/aromatic N) is 1. The van der Waals surface area contributed by atoms with E-state index in [1.54, 1.807) is 13.8 Å². The molecular weight excluding hydrogens is 877 g/mol. The van der Waals surface area contributed by atoms with Gasteiger partial charge in [0.2, 0.25) is 47.3 Å². The maximum Gasteiger partial charge on any atom is 0.326 e. The van der Waals surface area contributed by atoms with Gasteiger partial charge in [-0.25, -0.2) is 4.79 Å². The van der Waals surface area contributed by atoms with Crippen molar-refractivity contribution < 1.29 is 63.6 Å². The number of hydrogen-bond acceptors (Lipinski definition) is 14. The van der Waals surface area contributed by atoms with E-state index >= 15 is 0 Å². The number of carboxylic acids is 1. The number of rotatable bonds is 27. The number of hydrogen-bond donors (Lipinski definition) is 13. The lowest BCUT2D eigenvalue weighted by molar-refractivity contribution is -0.145. The van der Waals surface area contributed by atoms with Crippen LogP contribution in [0.2, 0.25) is 0 Å². The van der Waals surface area contributed by atoms with E-state index in [4.69, 9.17) is 11.5 Å². The molecule has 15 N–H and O–H groups in total. The van der Waals surface area contributed by atoms with Gasteiger partial charge in [0.05, 0.1) is 18.8 Å². The van der Waals surface area contributed by atoms with Crippen LogP contribution in [0.5, 0.6) is 5.75 Å². The standard InChI is InChI=1S/C44H72N10O13/c1-22(2)19-30(50-42(64)34(46)23(3)4)39(61)49-29(11-8-9-17-45)38(60)53-35(26(7)56)43(65)54-18-10-12-33(54)41(63)52-32(21-55)40(62)48-24(5)36(58)47-25(6)37(59)51-31(44(66)67)20-27-13-15-28(57)16-14-27/h13-16,22-26,29-35,55-57H,8-12,17-21,45-46H2,1-7H3,(H,47,58)(H,48,62)(H,49,61)(H,50,64)(H,51,59)(H,52,63)(H,53,60)(H,66,67)/t24-,25-,26+,29-,30-,31-,32-,33-,34-,35-/m0/s1. The molecule has 0 aliphatic carbocycles. The number of aromatic hydroxyl groups is 1. The molecule has 376 valence electrons. The molecule has 0 spiro atoms. The first-order valence-electron chi connectivity index (χ1n) is 22.6. The predicted molar refractivity (Wildman–Crippen MR) is 243 cm³/mol. The highest BCUT2D eigenvalue weighted by Crippen LogP contribution is 2.20. The van der Waals surface area contributed by atoms with Gasteiger partial charge in [-0.2, -0.15) is 0 Å². The largest absolute Gasteiger partial charge is 0.508 e. The highest BCUT2D eigenvalue weighted by molar-refractivity contribution is 5.98. The smallest absolute Gasteiger partial charge is 0.326 e. The van der Waals surface area contributed by atoms with Gasteiger partial charge in [-0.1, -0.05) is 39.8 Å². The SMILES string of the molecule is CC(C)C[C@H](NC(=O)[C@@H](N)C(C)C)C(=O)N[C@@H](CCCCN)C(=O)N[C@H](C(=O)N1CCC[C@H]1C(=O)N[C@@H](CO)C(=O)N[C@@H](C)C(=O)N[C@@H](C)C(=O)N[C@@H](Cc1ccc(O)cc1)C(=O)O)[C@@H](C)O. The van der Waals surface area contributed by atoms with Crippen molar-refractivity contribution >= 4 is 53.2 Å². The molecule has 0 unspecified atom stereocenters. The monoisotopic (exact) mass is 949 g/mol. The number of phenols is 1. The third-order valence-electron chi connectivity index (χ3n) is 11.1. The average molecular weight is 949 g/mol. The summed E-state index contributed by atoms with van der Waals surface area (Å²) in [5, 5.41) is 57.3. The van der Waals surface area contributed by atoms with E-state index in [0.717, 1.165) is 4.90 Å². The van der Waals surface area contributed by atoms with Crippen LogP contribution in [0.4, 0.5) is 0 Å². The fraction of sp³-hybridized carbons (Fsp3) is 0.659. The Labute approximate surface area is 390 Å². The second-order valence-corrected chi connectivity index (χ2v) is 17.7. The van der Waals surface area contributed by atoms with Crippen molar-refractivity contribution in [2.75, 3.05) is 19.7 Å². The van der Waals surface area contributed by atoms with E-state index in [2.05, 4.69) is 37.2 Å². The zero-order valence-corrected chi connectivity index (χ0v) is 39.4. The second kappa shape index (κ2) is 27.7. The van der Waals surface area contributed by atoms with E-state index in [9.17, 15) is 63.6 Å². The van der Waals surface area contributed by atoms with Gasteiger partial charge in [-0.15, -0.1) is 0 Å². The quantitative estimate of drug-likeness (QED) is 0.0391. The Hall–Kier alpha value is -5.91. The summed E-state index contributed by atoms with van der Waals surface area (Å²) in [6.07, 6.45) is 0.0150. The van der Waals surface area contributed by atoms with Crippen LogP contribution in [0.1, 0.15) is 92.6 Å². The van der Waals surface area contributed by atoms with Crippen LogP contribution in [0.15, 0.2) is 24.3 Å². The van der Waals surface area contributed by atoms with Crippen molar-refractivity contribution in [3.05, 3.63) is 29.8 Å². The maximum atomic E-state index is 14.0. The van der Waals surface area contributed by atoms with Crippen molar-refractivity contribution in [3.8, 4) is 5.75 Å². The molecule has 8 amide bonds. The zero-order chi connectivity index (χ0) is 50.7. The molecule has 1 heterocycles. The number of benzene rings is 1. The summed E-state index contributed by atoms with van der Waals surface area (Å²) in [6, 6.07) is -5.86. The molecule has 1 fully saturated rings. The van der Waals surface area contributed by atoms with Crippen LogP contribution in [0, 0.1) is 11.8 Å². The van der Waals surface area contributed by atoms with Crippen molar-refractivity contribution in [1.29, 1.82) is 0 Å². The van der Waals surface area contributed by atoms with Crippen molar-refractivity contribution in [2.45, 2.75) is 154 Å². The molecule has 1 aromatic carbocycles. The third-order valence-corrected chi connectivity index (χ3v) is 11.1. The van der Waals surface area contributed by atoms with Gasteiger partial charge in [0.1, 0.15) is 54.1 Å². The molecule has 23 heteroatoms. The van der Waals surface area contributed by atoms with Gasteiger partial charge < -0.3 is 74.0 Å². The number of carbonyl (C=O) groups excluding carboxylic acids is 8. The van der Waals surface area contributed by atoms with E-state index in [0.29, 0.717) is 31.4 Å². The Kier molecular flexibility index (Phi) is 23.6. The van der Waals surface area contributed by atoms with Crippen LogP contribution in [-0.4, -0.2) is 159 Å². The molecule has 0 bridgehead atoms. The average Bonchev–Trinajstić information content (AvgIpc) is 3.76. The zero-order valence-electron chi connectivity index (χ0n) is 39.4. The number of amides is 8. The number of nitrogens with one attached hydrogen (secondary N) is 7. The Balaban J connectivity index is 2.12. The molecule has 0 radical (unpaired) electrons. The first-order valence-corrected chi connectivity index (χ1v) is 22.6. The lowest BCUT2D eigenvalue weighted by Crippen LogP contribution is -2.62. The minimum atomic E-state index is -1.62. The summed E-state index contributed by atoms with van der Waals surface area (Å²) < 4.78 is 0. The van der Waals surface area contributed by atoms with Crippen molar-refractivity contribution in [2.24, 2.45) is 23.3 Å². The molecule has 1 aromatic rings. The van der Waals surface area contributed by atoms with Crippen LogP contribution in [-0.2, 0) is 49.6 Å². The van der Waals surface area contributed by atoms with Crippen molar-refractivity contribution in [3.63, 3.8) is 0 Å². The summed E-state index contributed by atoms with van der Waals surface area (Å²) >= 11 is 0. The fourth-order valence-corrected chi connectivity index (χ4v) is 7.04. The van der Waals surface area contributed by atoms with Crippen LogP contribution in [0.25, 0.3) is 0 Å². The molecule has 1 saturated heterocycles. The van der Waals surface area contributed by atoms with Crippen molar-refractivity contribution in [1.82, 2.24) is 42.1 Å². The Morgan fingerprint density at radius 2 is 1.24 bits per heavy atom. The lowest BCUT2D eigenvalue weighted by Gasteiger charge is -2.32. The fourth-order valence-electron chi connectivity index (χ4n) is 7.04. The highest BCUT2D eigenvalue weighted by Gasteiger charge is 2.41. The number of aliphatic carboxylic acids is 1. The summed E-state index contributed by atoms with van der Waals surface area (Å²) in [6.45, 7) is 10.4. The molecule has 1 aliphatic heterocycles. The highest BCUT2D eigenvalue weighted by atomic mass is 16.4. The first kappa shape index (κ1) is 57.2. The van der Waals surface area contributed by atoms with Gasteiger partial charge in [0, 0.05) is 13.0 Å². The summed E-state index contributed by atoms with van der Waals surface area (Å²) in [7, 11) is 0. The third kappa shape index (κ3) is 18.4. The summed E-state index contributed by atoms with van der Waals surface area (Å²) in [5.74, 6) is -8.07. The first-order chi connectivity index (χ1) is 31.4. The number of nitrogens with two attached hydrogens (primary N) is 2. The number of carboxylic acid groups (broad SMARTS) is 1. The van der Waals surface area contributed by atoms with E-state index in [1.807, 2.05) is 13.8 Å². The minimum absolute atomic E-state index is 0.0186. The van der Waals surface area contributed by atoms with Crippen LogP contribution in [0.3, 0.4) is 0 Å². The molecule has 1 aliphatic rings. The molecule has 23 nitrogen and oxygen atoms in total. The molecule has 2 rings (SSSR count). The Bertz CT molecular complexity index is 1860. The molecular formula is C44H72N10O13. The van der Waals surface area contributed by atoms with Gasteiger partial charge in [-0.05, 0) is 95.4 Å². The number of unbranched alkanes of at least 4 members (excludes halogenated alkanes) is 1. The van der Waals surface area contributed by atoms with Gasteiger partial charge in [-0.3, -0.25) is 38.4 Å². The number of likely N-dealkylation sites (tertiary alicyclic amines) is 1. The number of carbonyl (C=O) groups is 9. The summed E-state index contributed by atoms with van der Waals surface area (Å²) in [4.78, 5) is 120. The van der Waals surface area contributed by atoms with E-state index in [-0.39, 0.29) is 49.8 Å². The van der Waals surface area contributed by atoms with Gasteiger partial charge in [0.15, 0.2) is 0 Å². The topological polar surface area (TPSA) is 374 Å². The number of aliphatic hydroxyl groups is 2. The molecule has 0 aromatic heterocycles. The molecule has 0 saturated carbocycles. The minimum Gasteiger partial charge on any atom is -0.508 e. The second-order valence-electron chi connectivity index (χ2n) is 17.7. The molecule has 67 heavy (non-hydrogen) atoms. The number of phenolic OH excluding ortho intramolecular Hbond substituents is 1. The Morgan fingerprint density at radius 1 is 0.701 bits per heavy atom. The van der Waals surface area contributed by atoms with Crippen LogP contribution >= 0.6 is 0 Å². The van der Waals surface area contributed by atoms with Crippen LogP contribution < -0.4 is 48.7 Å². The number of aliphatic hydroxyl groups excluding tert-OH is 2. The summed E-state index contributed by atoms with van der Waals surface area (Å²) in [5.41, 5.74) is 12.2. The van der Waals surface area contributed by atoms with E-state index < -0.39 is 120 Å². The Morgan fingerprint density at radius 3 is 1.78 bits per heavy atom. The van der Waals surface area contributed by atoms with Gasteiger partial charge in [0.25, 0.3) is 0 Å².